The molecule has 1 fully saturated rings. The van der Waals surface area contributed by atoms with Crippen LogP contribution in [0.2, 0.25) is 5.02 Å². The van der Waals surface area contributed by atoms with Gasteiger partial charge in [-0.3, -0.25) is 14.7 Å². The molecule has 0 bridgehead atoms. The van der Waals surface area contributed by atoms with Crippen molar-refractivity contribution in [1.82, 2.24) is 9.88 Å². The van der Waals surface area contributed by atoms with E-state index < -0.39 is 0 Å². The van der Waals surface area contributed by atoms with E-state index in [0.717, 1.165) is 37.2 Å². The molecule has 0 saturated carbocycles. The van der Waals surface area contributed by atoms with Gasteiger partial charge in [0.05, 0.1) is 17.3 Å². The summed E-state index contributed by atoms with van der Waals surface area (Å²) in [6.45, 7) is 4.20. The number of hydrogen-bond donors (Lipinski definition) is 1. The number of anilines is 1. The highest BCUT2D eigenvalue weighted by atomic mass is 35.5. The summed E-state index contributed by atoms with van der Waals surface area (Å²) in [4.78, 5) is 18.9. The maximum absolute atomic E-state index is 12.2. The first-order valence-corrected chi connectivity index (χ1v) is 8.69. The van der Waals surface area contributed by atoms with E-state index in [2.05, 4.69) is 21.3 Å². The maximum Gasteiger partial charge on any atom is 0.238 e. The molecule has 126 valence electrons. The molecule has 1 aliphatic rings. The van der Waals surface area contributed by atoms with Crippen molar-refractivity contribution in [2.45, 2.75) is 25.7 Å². The molecule has 2 aromatic rings. The topological polar surface area (TPSA) is 45.2 Å². The first-order valence-electron chi connectivity index (χ1n) is 8.31. The van der Waals surface area contributed by atoms with Crippen molar-refractivity contribution >= 4 is 23.2 Å². The van der Waals surface area contributed by atoms with E-state index >= 15 is 0 Å². The molecule has 5 heteroatoms. The van der Waals surface area contributed by atoms with Crippen LogP contribution in [0.15, 0.2) is 42.6 Å². The molecule has 1 saturated heterocycles. The normalized spacial score (nSPS) is 16.1. The van der Waals surface area contributed by atoms with E-state index in [-0.39, 0.29) is 5.91 Å². The van der Waals surface area contributed by atoms with Crippen LogP contribution < -0.4 is 5.32 Å². The summed E-state index contributed by atoms with van der Waals surface area (Å²) in [6.07, 6.45) is 3.92. The number of aryl methyl sites for hydroxylation is 1. The van der Waals surface area contributed by atoms with Gasteiger partial charge in [-0.1, -0.05) is 23.7 Å². The van der Waals surface area contributed by atoms with Crippen molar-refractivity contribution < 1.29 is 4.79 Å². The quantitative estimate of drug-likeness (QED) is 0.916. The smallest absolute Gasteiger partial charge is 0.238 e. The molecule has 1 amide bonds. The van der Waals surface area contributed by atoms with Gasteiger partial charge >= 0.3 is 0 Å². The van der Waals surface area contributed by atoms with Crippen LogP contribution in [0.3, 0.4) is 0 Å². The lowest BCUT2D eigenvalue weighted by molar-refractivity contribution is -0.117. The highest BCUT2D eigenvalue weighted by Gasteiger charge is 2.22. The average Bonchev–Trinajstić information content (AvgIpc) is 2.59. The number of nitrogens with zero attached hydrogens (tertiary/aromatic N) is 2. The number of likely N-dealkylation sites (tertiary alicyclic amines) is 1. The summed E-state index contributed by atoms with van der Waals surface area (Å²) in [5, 5.41) is 3.48. The average molecular weight is 344 g/mol. The number of pyridine rings is 1. The van der Waals surface area contributed by atoms with E-state index in [0.29, 0.717) is 23.2 Å². The molecular weight excluding hydrogens is 322 g/mol. The van der Waals surface area contributed by atoms with Gasteiger partial charge < -0.3 is 5.32 Å². The largest absolute Gasteiger partial charge is 0.324 e. The Morgan fingerprint density at radius 2 is 2.08 bits per heavy atom. The van der Waals surface area contributed by atoms with Gasteiger partial charge in [0.15, 0.2) is 0 Å². The lowest BCUT2D eigenvalue weighted by Gasteiger charge is -2.31. The van der Waals surface area contributed by atoms with Gasteiger partial charge in [0.2, 0.25) is 5.91 Å². The third-order valence-corrected chi connectivity index (χ3v) is 4.77. The summed E-state index contributed by atoms with van der Waals surface area (Å²) in [6, 6.07) is 11.7. The zero-order chi connectivity index (χ0) is 16.9. The Morgan fingerprint density at radius 1 is 1.29 bits per heavy atom. The second-order valence-corrected chi connectivity index (χ2v) is 6.74. The lowest BCUT2D eigenvalue weighted by Crippen LogP contribution is -2.38. The zero-order valence-corrected chi connectivity index (χ0v) is 14.6. The van der Waals surface area contributed by atoms with Gasteiger partial charge in [0, 0.05) is 17.8 Å². The van der Waals surface area contributed by atoms with Crippen molar-refractivity contribution in [3.63, 3.8) is 0 Å². The van der Waals surface area contributed by atoms with Crippen molar-refractivity contribution in [3.05, 3.63) is 58.9 Å². The highest BCUT2D eigenvalue weighted by Crippen LogP contribution is 2.26. The molecule has 4 nitrogen and oxygen atoms in total. The van der Waals surface area contributed by atoms with E-state index in [1.807, 2.05) is 43.5 Å². The monoisotopic (exact) mass is 343 g/mol. The summed E-state index contributed by atoms with van der Waals surface area (Å²) < 4.78 is 0. The second-order valence-electron chi connectivity index (χ2n) is 6.34. The Balaban J connectivity index is 1.50. The zero-order valence-electron chi connectivity index (χ0n) is 13.8. The number of aromatic nitrogens is 1. The summed E-state index contributed by atoms with van der Waals surface area (Å²) in [5.74, 6) is 0.481. The highest BCUT2D eigenvalue weighted by molar-refractivity contribution is 6.33. The predicted octanol–water partition coefficient (Wildman–Crippen LogP) is 3.86. The first kappa shape index (κ1) is 16.9. The Kier molecular flexibility index (Phi) is 5.48. The number of hydrogen-bond acceptors (Lipinski definition) is 3. The van der Waals surface area contributed by atoms with E-state index in [9.17, 15) is 4.79 Å². The minimum Gasteiger partial charge on any atom is -0.324 e. The van der Waals surface area contributed by atoms with Gasteiger partial charge in [0.1, 0.15) is 0 Å². The SMILES string of the molecule is Cc1ccc(NC(=O)CN2CCC(c3ccccn3)CC2)c(Cl)c1. The van der Waals surface area contributed by atoms with Crippen molar-refractivity contribution in [3.8, 4) is 0 Å². The van der Waals surface area contributed by atoms with Gasteiger partial charge in [-0.25, -0.2) is 0 Å². The molecule has 0 spiro atoms. The predicted molar refractivity (Wildman–Crippen MR) is 97.5 cm³/mol. The molecule has 1 aromatic carbocycles. The Labute approximate surface area is 147 Å². The minimum atomic E-state index is -0.0166. The third-order valence-electron chi connectivity index (χ3n) is 4.46. The summed E-state index contributed by atoms with van der Waals surface area (Å²) >= 11 is 6.17. The number of piperidine rings is 1. The van der Waals surface area contributed by atoms with Crippen LogP contribution in [0.25, 0.3) is 0 Å². The van der Waals surface area contributed by atoms with Crippen LogP contribution in [-0.4, -0.2) is 35.4 Å². The third kappa shape index (κ3) is 4.34. The molecular formula is C19H22ClN3O. The van der Waals surface area contributed by atoms with Gasteiger partial charge in [-0.15, -0.1) is 0 Å². The van der Waals surface area contributed by atoms with Crippen molar-refractivity contribution in [1.29, 1.82) is 0 Å². The molecule has 0 radical (unpaired) electrons. The maximum atomic E-state index is 12.2. The van der Waals surface area contributed by atoms with Crippen molar-refractivity contribution in [2.24, 2.45) is 0 Å². The second kappa shape index (κ2) is 7.77. The van der Waals surface area contributed by atoms with Crippen LogP contribution >= 0.6 is 11.6 Å². The first-order chi connectivity index (χ1) is 11.6. The Bertz CT molecular complexity index is 697. The standard InChI is InChI=1S/C19H22ClN3O/c1-14-5-6-18(16(20)12-14)22-19(24)13-23-10-7-15(8-11-23)17-4-2-3-9-21-17/h2-6,9,12,15H,7-8,10-11,13H2,1H3,(H,22,24). The minimum absolute atomic E-state index is 0.0166. The summed E-state index contributed by atoms with van der Waals surface area (Å²) in [5.41, 5.74) is 2.92. The molecule has 1 aromatic heterocycles. The van der Waals surface area contributed by atoms with Crippen LogP contribution in [-0.2, 0) is 4.79 Å². The fraction of sp³-hybridized carbons (Fsp3) is 0.368. The fourth-order valence-electron chi connectivity index (χ4n) is 3.12. The van der Waals surface area contributed by atoms with E-state index in [1.165, 1.54) is 0 Å². The Hall–Kier alpha value is -1.91. The molecule has 24 heavy (non-hydrogen) atoms. The molecule has 1 aliphatic heterocycles. The van der Waals surface area contributed by atoms with Crippen LogP contribution in [0, 0.1) is 6.92 Å². The van der Waals surface area contributed by atoms with E-state index in [1.54, 1.807) is 0 Å². The molecule has 0 unspecified atom stereocenters. The number of nitrogens with one attached hydrogen (secondary N) is 1. The number of carbonyl (C=O) groups is 1. The van der Waals surface area contributed by atoms with Gasteiger partial charge in [0.25, 0.3) is 0 Å². The van der Waals surface area contributed by atoms with Crippen LogP contribution in [0.5, 0.6) is 0 Å². The molecule has 3 rings (SSSR count). The van der Waals surface area contributed by atoms with Gasteiger partial charge in [-0.05, 0) is 62.7 Å². The lowest BCUT2D eigenvalue weighted by atomic mass is 9.93. The van der Waals surface area contributed by atoms with Gasteiger partial charge in [-0.2, -0.15) is 0 Å². The number of rotatable bonds is 4. The van der Waals surface area contributed by atoms with Crippen LogP contribution in [0.1, 0.15) is 30.0 Å². The van der Waals surface area contributed by atoms with E-state index in [4.69, 9.17) is 11.6 Å². The number of benzene rings is 1. The summed E-state index contributed by atoms with van der Waals surface area (Å²) in [7, 11) is 0. The molecule has 1 N–H and O–H groups in total. The van der Waals surface area contributed by atoms with Crippen molar-refractivity contribution in [2.75, 3.05) is 25.0 Å². The molecule has 2 heterocycles. The number of amides is 1. The fourth-order valence-corrected chi connectivity index (χ4v) is 3.40. The number of carbonyl (C=O) groups excluding carboxylic acids is 1. The van der Waals surface area contributed by atoms with Crippen LogP contribution in [0.4, 0.5) is 5.69 Å². The Morgan fingerprint density at radius 3 is 2.75 bits per heavy atom. The number of halogens is 1. The molecule has 0 aliphatic carbocycles. The molecule has 0 atom stereocenters.